The number of anilines is 1. The van der Waals surface area contributed by atoms with Gasteiger partial charge in [-0.25, -0.2) is 4.98 Å². The van der Waals surface area contributed by atoms with Crippen LogP contribution >= 0.6 is 0 Å². The molecule has 6 N–H and O–H groups in total. The Labute approximate surface area is 185 Å². The van der Waals surface area contributed by atoms with Gasteiger partial charge in [-0.2, -0.15) is 4.99 Å². The molecule has 170 valence electrons. The van der Waals surface area contributed by atoms with E-state index in [9.17, 15) is 0 Å². The van der Waals surface area contributed by atoms with Gasteiger partial charge in [0.15, 0.2) is 0 Å². The van der Waals surface area contributed by atoms with Gasteiger partial charge in [0.2, 0.25) is 0 Å². The first-order valence-corrected chi connectivity index (χ1v) is 11.5. The van der Waals surface area contributed by atoms with Crippen LogP contribution in [0.3, 0.4) is 0 Å². The fourth-order valence-corrected chi connectivity index (χ4v) is 3.91. The zero-order valence-electron chi connectivity index (χ0n) is 19.1. The van der Waals surface area contributed by atoms with E-state index in [-0.39, 0.29) is 12.1 Å². The number of nitrogens with two attached hydrogens (primary N) is 1. The highest BCUT2D eigenvalue weighted by molar-refractivity contribution is 6.01. The predicted molar refractivity (Wildman–Crippen MR) is 129 cm³/mol. The minimum atomic E-state index is -0.373. The SMILES string of the molecule is CCC(N)/N=C(\[OH2+])c1cc2cc(C)ccc2nc1NCCC(CC)NC1CCOCC1. The molecule has 0 saturated carbocycles. The lowest BCUT2D eigenvalue weighted by molar-refractivity contribution is 0.0745. The van der Waals surface area contributed by atoms with Crippen LogP contribution in [0.15, 0.2) is 29.3 Å². The average molecular weight is 429 g/mol. The number of rotatable bonds is 10. The van der Waals surface area contributed by atoms with Crippen LogP contribution in [0.25, 0.3) is 10.9 Å². The molecular formula is C24H38N5O2+. The second kappa shape index (κ2) is 11.4. The van der Waals surface area contributed by atoms with Gasteiger partial charge >= 0.3 is 5.90 Å². The summed E-state index contributed by atoms with van der Waals surface area (Å²) in [6.07, 6.45) is 4.54. The third-order valence-electron chi connectivity index (χ3n) is 5.91. The van der Waals surface area contributed by atoms with Crippen molar-refractivity contribution in [2.45, 2.75) is 71.1 Å². The zero-order valence-corrected chi connectivity index (χ0v) is 19.1. The van der Waals surface area contributed by atoms with Gasteiger partial charge in [-0.15, -0.1) is 0 Å². The molecular weight excluding hydrogens is 390 g/mol. The van der Waals surface area contributed by atoms with Crippen LogP contribution in [-0.2, 0) is 4.74 Å². The van der Waals surface area contributed by atoms with Gasteiger partial charge in [-0.3, -0.25) is 0 Å². The largest absolute Gasteiger partial charge is 0.578 e. The summed E-state index contributed by atoms with van der Waals surface area (Å²) in [5, 5.41) is 16.8. The highest BCUT2D eigenvalue weighted by Crippen LogP contribution is 2.23. The number of aliphatic imine (C=N–C) groups is 1. The van der Waals surface area contributed by atoms with Crippen molar-refractivity contribution in [1.82, 2.24) is 10.3 Å². The van der Waals surface area contributed by atoms with Gasteiger partial charge in [0.1, 0.15) is 17.5 Å². The Kier molecular flexibility index (Phi) is 8.63. The number of nitrogens with zero attached hydrogens (tertiary/aromatic N) is 2. The van der Waals surface area contributed by atoms with Crippen molar-refractivity contribution in [2.24, 2.45) is 10.7 Å². The normalized spacial score (nSPS) is 17.6. The molecule has 0 bridgehead atoms. The van der Waals surface area contributed by atoms with Crippen molar-refractivity contribution in [3.63, 3.8) is 0 Å². The Balaban J connectivity index is 1.75. The summed E-state index contributed by atoms with van der Waals surface area (Å²) in [5.41, 5.74) is 8.76. The molecule has 7 nitrogen and oxygen atoms in total. The number of pyridine rings is 1. The van der Waals surface area contributed by atoms with Gasteiger partial charge < -0.3 is 26.2 Å². The van der Waals surface area contributed by atoms with Crippen molar-refractivity contribution in [1.29, 1.82) is 0 Å². The molecule has 0 radical (unpaired) electrons. The van der Waals surface area contributed by atoms with Crippen LogP contribution in [0.1, 0.15) is 57.1 Å². The van der Waals surface area contributed by atoms with E-state index in [0.717, 1.165) is 56.3 Å². The molecule has 2 unspecified atom stereocenters. The summed E-state index contributed by atoms with van der Waals surface area (Å²) in [5.74, 6) is 0.884. The topological polar surface area (TPSA) is 107 Å². The van der Waals surface area contributed by atoms with Crippen molar-refractivity contribution >= 4 is 22.6 Å². The van der Waals surface area contributed by atoms with Crippen molar-refractivity contribution in [2.75, 3.05) is 25.1 Å². The quantitative estimate of drug-likeness (QED) is 0.306. The second-order valence-electron chi connectivity index (χ2n) is 8.41. The fraction of sp³-hybridized carbons (Fsp3) is 0.583. The molecule has 1 aromatic carbocycles. The lowest BCUT2D eigenvalue weighted by atomic mass is 10.0. The molecule has 1 fully saturated rings. The zero-order chi connectivity index (χ0) is 22.2. The molecule has 7 heteroatoms. The van der Waals surface area contributed by atoms with Crippen LogP contribution in [0.5, 0.6) is 0 Å². The average Bonchev–Trinajstić information content (AvgIpc) is 2.78. The van der Waals surface area contributed by atoms with Crippen molar-refractivity contribution < 1.29 is 9.84 Å². The fourth-order valence-electron chi connectivity index (χ4n) is 3.91. The Morgan fingerprint density at radius 3 is 2.74 bits per heavy atom. The van der Waals surface area contributed by atoms with Crippen LogP contribution < -0.4 is 16.4 Å². The Morgan fingerprint density at radius 1 is 1.26 bits per heavy atom. The maximum Gasteiger partial charge on any atom is 0.365 e. The van der Waals surface area contributed by atoms with E-state index >= 15 is 0 Å². The van der Waals surface area contributed by atoms with Crippen LogP contribution in [0, 0.1) is 6.92 Å². The van der Waals surface area contributed by atoms with Crippen molar-refractivity contribution in [3.05, 3.63) is 35.4 Å². The number of ether oxygens (including phenoxy) is 1. The highest BCUT2D eigenvalue weighted by Gasteiger charge is 2.19. The van der Waals surface area contributed by atoms with E-state index in [1.807, 2.05) is 19.1 Å². The monoisotopic (exact) mass is 428 g/mol. The number of nitrogens with one attached hydrogen (secondary N) is 2. The number of benzene rings is 1. The van der Waals surface area contributed by atoms with Crippen LogP contribution in [-0.4, -0.2) is 54.0 Å². The third kappa shape index (κ3) is 6.63. The smallest absolute Gasteiger partial charge is 0.365 e. The molecule has 2 heterocycles. The molecule has 1 aromatic heterocycles. The molecule has 0 amide bonds. The van der Waals surface area contributed by atoms with Crippen LogP contribution in [0.4, 0.5) is 5.82 Å². The summed E-state index contributed by atoms with van der Waals surface area (Å²) in [4.78, 5) is 9.17. The number of aryl methyl sites for hydroxylation is 1. The highest BCUT2D eigenvalue weighted by atomic mass is 16.5. The van der Waals surface area contributed by atoms with E-state index in [1.54, 1.807) is 0 Å². The number of hydrogen-bond acceptors (Lipinski definition) is 6. The summed E-state index contributed by atoms with van der Waals surface area (Å²) in [6, 6.07) is 9.17. The number of fused-ring (bicyclic) bond motifs is 1. The maximum absolute atomic E-state index is 8.51. The molecule has 2 aromatic rings. The van der Waals surface area contributed by atoms with Gasteiger partial charge in [0, 0.05) is 37.2 Å². The van der Waals surface area contributed by atoms with Gasteiger partial charge in [-0.1, -0.05) is 25.5 Å². The van der Waals surface area contributed by atoms with E-state index < -0.39 is 0 Å². The molecule has 1 saturated heterocycles. The minimum Gasteiger partial charge on any atom is -0.578 e. The van der Waals surface area contributed by atoms with Crippen molar-refractivity contribution in [3.8, 4) is 0 Å². The summed E-state index contributed by atoms with van der Waals surface area (Å²) in [6.45, 7) is 8.73. The molecule has 3 rings (SSSR count). The molecule has 0 spiro atoms. The second-order valence-corrected chi connectivity index (χ2v) is 8.41. The molecule has 1 aliphatic heterocycles. The minimum absolute atomic E-state index is 0.181. The third-order valence-corrected chi connectivity index (χ3v) is 5.91. The van der Waals surface area contributed by atoms with Crippen LogP contribution in [0.2, 0.25) is 0 Å². The summed E-state index contributed by atoms with van der Waals surface area (Å²) in [7, 11) is 0. The van der Waals surface area contributed by atoms with E-state index in [2.05, 4.69) is 41.6 Å². The summed E-state index contributed by atoms with van der Waals surface area (Å²) < 4.78 is 5.47. The molecule has 31 heavy (non-hydrogen) atoms. The van der Waals surface area contributed by atoms with Gasteiger partial charge in [0.25, 0.3) is 0 Å². The first-order chi connectivity index (χ1) is 15.0. The summed E-state index contributed by atoms with van der Waals surface area (Å²) >= 11 is 0. The van der Waals surface area contributed by atoms with Gasteiger partial charge in [-0.05, 0) is 57.2 Å². The first kappa shape index (κ1) is 23.4. The standard InChI is InChI=1S/C24H37N5O2/c1-4-18(27-19-9-12-31-13-10-19)8-11-26-23-20(24(30)29-22(25)5-2)15-17-14-16(3)6-7-21(17)28-23/h6-7,14-15,18-19,22,27H,4-5,8-13,25H2,1-3H3,(H,26,28)(H,29,30)/p+1. The Morgan fingerprint density at radius 2 is 2.03 bits per heavy atom. The lowest BCUT2D eigenvalue weighted by Crippen LogP contribution is -2.42. The predicted octanol–water partition coefficient (Wildman–Crippen LogP) is 3.06. The Hall–Kier alpha value is -2.22. The molecule has 2 atom stereocenters. The number of aromatic nitrogens is 1. The number of hydrogen-bond donors (Lipinski definition) is 3. The van der Waals surface area contributed by atoms with E-state index in [1.165, 1.54) is 5.56 Å². The maximum atomic E-state index is 8.51. The van der Waals surface area contributed by atoms with Gasteiger partial charge in [0.05, 0.1) is 5.52 Å². The Bertz CT molecular complexity index is 880. The van der Waals surface area contributed by atoms with E-state index in [0.29, 0.717) is 29.9 Å². The lowest BCUT2D eigenvalue weighted by Gasteiger charge is -2.28. The first-order valence-electron chi connectivity index (χ1n) is 11.5. The molecule has 1 aliphatic rings. The molecule has 0 aliphatic carbocycles. The van der Waals surface area contributed by atoms with E-state index in [4.69, 9.17) is 20.6 Å².